The summed E-state index contributed by atoms with van der Waals surface area (Å²) in [6.45, 7) is 1.76. The Morgan fingerprint density at radius 3 is 2.57 bits per heavy atom. The standard InChI is InChI=1S/C26H19F3N6O2/c1-15-6-7-19(13-21(15)31-24(36)17-4-3-5-18(12-17)26(27,28)29)37-25-20-14-35(2)34-23(20)32-22(33-25)16-8-10-30-11-9-16/h3-14H,1-2H3,(H,31,36). The summed E-state index contributed by atoms with van der Waals surface area (Å²) in [5, 5.41) is 7.61. The maximum atomic E-state index is 13.1. The SMILES string of the molecule is Cc1ccc(Oc2nc(-c3ccncc3)nc3nn(C)cc23)cc1NC(=O)c1cccc(C(F)(F)F)c1. The third-order valence-corrected chi connectivity index (χ3v) is 5.52. The van der Waals surface area contributed by atoms with Crippen LogP contribution in [0.1, 0.15) is 21.5 Å². The Bertz CT molecular complexity index is 1620. The van der Waals surface area contributed by atoms with Gasteiger partial charge in [-0.2, -0.15) is 23.3 Å². The highest BCUT2D eigenvalue weighted by Gasteiger charge is 2.31. The van der Waals surface area contributed by atoms with Gasteiger partial charge in [-0.1, -0.05) is 12.1 Å². The van der Waals surface area contributed by atoms with Crippen LogP contribution in [-0.2, 0) is 13.2 Å². The van der Waals surface area contributed by atoms with Crippen molar-refractivity contribution < 1.29 is 22.7 Å². The van der Waals surface area contributed by atoms with Crippen LogP contribution in [0.3, 0.4) is 0 Å². The molecular weight excluding hydrogens is 485 g/mol. The molecule has 0 saturated heterocycles. The zero-order chi connectivity index (χ0) is 26.2. The monoisotopic (exact) mass is 504 g/mol. The second-order valence-corrected chi connectivity index (χ2v) is 8.24. The van der Waals surface area contributed by atoms with Gasteiger partial charge in [-0.15, -0.1) is 0 Å². The van der Waals surface area contributed by atoms with E-state index >= 15 is 0 Å². The zero-order valence-corrected chi connectivity index (χ0v) is 19.6. The van der Waals surface area contributed by atoms with E-state index in [1.54, 1.807) is 67.6 Å². The van der Waals surface area contributed by atoms with Gasteiger partial charge in [0.15, 0.2) is 11.5 Å². The Kier molecular flexibility index (Phi) is 6.04. The molecule has 5 aromatic rings. The van der Waals surface area contributed by atoms with Crippen molar-refractivity contribution in [2.24, 2.45) is 7.05 Å². The van der Waals surface area contributed by atoms with Gasteiger partial charge in [-0.05, 0) is 48.9 Å². The first-order valence-corrected chi connectivity index (χ1v) is 11.1. The summed E-state index contributed by atoms with van der Waals surface area (Å²) in [6, 6.07) is 12.8. The summed E-state index contributed by atoms with van der Waals surface area (Å²) < 4.78 is 46.9. The lowest BCUT2D eigenvalue weighted by Crippen LogP contribution is -2.14. The minimum atomic E-state index is -4.55. The van der Waals surface area contributed by atoms with Gasteiger partial charge < -0.3 is 10.1 Å². The predicted octanol–water partition coefficient (Wildman–Crippen LogP) is 5.80. The Balaban J connectivity index is 1.46. The Hall–Kier alpha value is -4.80. The number of nitrogens with one attached hydrogen (secondary N) is 1. The molecule has 0 fully saturated rings. The first-order chi connectivity index (χ1) is 17.7. The van der Waals surface area contributed by atoms with Crippen molar-refractivity contribution in [3.8, 4) is 23.0 Å². The van der Waals surface area contributed by atoms with Crippen molar-refractivity contribution in [3.63, 3.8) is 0 Å². The average Bonchev–Trinajstić information content (AvgIpc) is 3.26. The summed E-state index contributed by atoms with van der Waals surface area (Å²) in [5.74, 6) is 0.329. The number of nitrogens with zero attached hydrogens (tertiary/aromatic N) is 5. The van der Waals surface area contributed by atoms with Gasteiger partial charge in [0.25, 0.3) is 5.91 Å². The quantitative estimate of drug-likeness (QED) is 0.325. The van der Waals surface area contributed by atoms with Crippen LogP contribution in [0, 0.1) is 6.92 Å². The number of anilines is 1. The number of carbonyl (C=O) groups is 1. The minimum absolute atomic E-state index is 0.115. The number of amides is 1. The Morgan fingerprint density at radius 1 is 1.03 bits per heavy atom. The maximum Gasteiger partial charge on any atom is 0.416 e. The van der Waals surface area contributed by atoms with Crippen molar-refractivity contribution in [3.05, 3.63) is 89.9 Å². The van der Waals surface area contributed by atoms with E-state index in [1.165, 1.54) is 12.1 Å². The van der Waals surface area contributed by atoms with E-state index < -0.39 is 17.6 Å². The molecule has 186 valence electrons. The van der Waals surface area contributed by atoms with Crippen LogP contribution in [0.5, 0.6) is 11.6 Å². The molecule has 0 atom stereocenters. The average molecular weight is 504 g/mol. The van der Waals surface area contributed by atoms with Crippen molar-refractivity contribution in [2.45, 2.75) is 13.1 Å². The van der Waals surface area contributed by atoms with Gasteiger partial charge in [0.2, 0.25) is 5.88 Å². The molecule has 1 amide bonds. The largest absolute Gasteiger partial charge is 0.438 e. The van der Waals surface area contributed by atoms with Crippen LogP contribution in [0.4, 0.5) is 18.9 Å². The highest BCUT2D eigenvalue weighted by Crippen LogP contribution is 2.32. The van der Waals surface area contributed by atoms with Gasteiger partial charge in [-0.25, -0.2) is 4.98 Å². The normalized spacial score (nSPS) is 11.5. The molecule has 3 heterocycles. The summed E-state index contributed by atoms with van der Waals surface area (Å²) in [7, 11) is 1.75. The predicted molar refractivity (Wildman–Crippen MR) is 130 cm³/mol. The Morgan fingerprint density at radius 2 is 1.81 bits per heavy atom. The van der Waals surface area contributed by atoms with Crippen molar-refractivity contribution >= 4 is 22.6 Å². The molecule has 0 aliphatic heterocycles. The molecule has 1 N–H and O–H groups in total. The van der Waals surface area contributed by atoms with Crippen LogP contribution in [0.2, 0.25) is 0 Å². The molecule has 0 bridgehead atoms. The van der Waals surface area contributed by atoms with E-state index in [0.717, 1.165) is 17.7 Å². The topological polar surface area (TPSA) is 94.8 Å². The fourth-order valence-corrected chi connectivity index (χ4v) is 3.64. The first kappa shape index (κ1) is 23.9. The number of benzene rings is 2. The van der Waals surface area contributed by atoms with Crippen LogP contribution < -0.4 is 10.1 Å². The lowest BCUT2D eigenvalue weighted by molar-refractivity contribution is -0.137. The Labute approximate surface area is 208 Å². The molecule has 3 aromatic heterocycles. The number of carbonyl (C=O) groups excluding carboxylic acids is 1. The molecule has 2 aromatic carbocycles. The summed E-state index contributed by atoms with van der Waals surface area (Å²) in [6.07, 6.45) is 0.429. The molecule has 8 nitrogen and oxygen atoms in total. The number of hydrogen-bond donors (Lipinski definition) is 1. The summed E-state index contributed by atoms with van der Waals surface area (Å²) in [4.78, 5) is 25.8. The molecule has 0 saturated carbocycles. The van der Waals surface area contributed by atoms with E-state index in [2.05, 4.69) is 25.4 Å². The number of hydrogen-bond acceptors (Lipinski definition) is 6. The first-order valence-electron chi connectivity index (χ1n) is 11.1. The van der Waals surface area contributed by atoms with Crippen LogP contribution in [0.25, 0.3) is 22.4 Å². The number of aromatic nitrogens is 5. The van der Waals surface area contributed by atoms with Crippen molar-refractivity contribution in [1.29, 1.82) is 0 Å². The van der Waals surface area contributed by atoms with Crippen molar-refractivity contribution in [2.75, 3.05) is 5.32 Å². The number of rotatable bonds is 5. The molecular formula is C26H19F3N6O2. The third kappa shape index (κ3) is 5.10. The molecule has 0 spiro atoms. The lowest BCUT2D eigenvalue weighted by Gasteiger charge is -2.13. The van der Waals surface area contributed by atoms with Gasteiger partial charge in [-0.3, -0.25) is 14.5 Å². The zero-order valence-electron chi connectivity index (χ0n) is 19.6. The van der Waals surface area contributed by atoms with Crippen LogP contribution in [0.15, 0.2) is 73.2 Å². The van der Waals surface area contributed by atoms with Gasteiger partial charge in [0, 0.05) is 48.5 Å². The van der Waals surface area contributed by atoms with Crippen molar-refractivity contribution in [1.82, 2.24) is 24.7 Å². The van der Waals surface area contributed by atoms with E-state index in [1.807, 2.05) is 0 Å². The second-order valence-electron chi connectivity index (χ2n) is 8.24. The lowest BCUT2D eigenvalue weighted by atomic mass is 10.1. The smallest absolute Gasteiger partial charge is 0.416 e. The molecule has 0 radical (unpaired) electrons. The fraction of sp³-hybridized carbons (Fsp3) is 0.115. The molecule has 0 aliphatic rings. The number of fused-ring (bicyclic) bond motifs is 1. The highest BCUT2D eigenvalue weighted by atomic mass is 19.4. The van der Waals surface area contributed by atoms with Gasteiger partial charge in [0.05, 0.1) is 5.56 Å². The van der Waals surface area contributed by atoms with E-state index in [4.69, 9.17) is 4.74 Å². The second kappa shape index (κ2) is 9.34. The molecule has 5 rings (SSSR count). The number of halogens is 3. The summed E-state index contributed by atoms with van der Waals surface area (Å²) in [5.41, 5.74) is 1.22. The van der Waals surface area contributed by atoms with Crippen LogP contribution >= 0.6 is 0 Å². The van der Waals surface area contributed by atoms with Gasteiger partial charge in [0.1, 0.15) is 11.1 Å². The van der Waals surface area contributed by atoms with E-state index in [9.17, 15) is 18.0 Å². The molecule has 0 unspecified atom stereocenters. The van der Waals surface area contributed by atoms with E-state index in [0.29, 0.717) is 33.9 Å². The number of pyridine rings is 1. The minimum Gasteiger partial charge on any atom is -0.438 e. The molecule has 11 heteroatoms. The molecule has 0 aliphatic carbocycles. The number of aryl methyl sites for hydroxylation is 2. The number of ether oxygens (including phenoxy) is 1. The third-order valence-electron chi connectivity index (χ3n) is 5.52. The highest BCUT2D eigenvalue weighted by molar-refractivity contribution is 6.04. The van der Waals surface area contributed by atoms with Gasteiger partial charge >= 0.3 is 6.18 Å². The maximum absolute atomic E-state index is 13.1. The fourth-order valence-electron chi connectivity index (χ4n) is 3.64. The molecule has 37 heavy (non-hydrogen) atoms. The summed E-state index contributed by atoms with van der Waals surface area (Å²) >= 11 is 0. The van der Waals surface area contributed by atoms with E-state index in [-0.39, 0.29) is 11.4 Å². The van der Waals surface area contributed by atoms with Crippen LogP contribution in [-0.4, -0.2) is 30.6 Å². The number of alkyl halides is 3.